The highest BCUT2D eigenvalue weighted by Crippen LogP contribution is 2.28. The molecule has 0 aliphatic heterocycles. The van der Waals surface area contributed by atoms with E-state index < -0.39 is 11.2 Å². The number of halogens is 1. The van der Waals surface area contributed by atoms with Crippen molar-refractivity contribution >= 4 is 11.0 Å². The fourth-order valence-corrected chi connectivity index (χ4v) is 2.25. The molecule has 4 aromatic rings. The summed E-state index contributed by atoms with van der Waals surface area (Å²) in [5, 5.41) is 13.1. The van der Waals surface area contributed by atoms with Gasteiger partial charge in [-0.15, -0.1) is 10.2 Å². The van der Waals surface area contributed by atoms with Crippen LogP contribution in [0.5, 0.6) is 11.5 Å². The van der Waals surface area contributed by atoms with E-state index in [1.807, 2.05) is 6.07 Å². The molecule has 0 atom stereocenters. The molecular weight excluding hydrogens is 315 g/mol. The van der Waals surface area contributed by atoms with Gasteiger partial charge in [-0.05, 0) is 23.4 Å². The maximum absolute atomic E-state index is 14.3. The Hall–Kier alpha value is -3.55. The molecule has 1 N–H and O–H groups in total. The summed E-state index contributed by atoms with van der Waals surface area (Å²) in [6, 6.07) is 11.2. The van der Waals surface area contributed by atoms with E-state index in [1.165, 1.54) is 12.3 Å². The summed E-state index contributed by atoms with van der Waals surface area (Å²) in [7, 11) is 0. The third kappa shape index (κ3) is 2.39. The van der Waals surface area contributed by atoms with E-state index in [0.717, 1.165) is 6.07 Å². The number of H-pyrrole nitrogens is 1. The molecule has 0 saturated carbocycles. The van der Waals surface area contributed by atoms with Gasteiger partial charge in [0.05, 0.1) is 5.39 Å². The van der Waals surface area contributed by atoms with Crippen LogP contribution in [0.4, 0.5) is 4.39 Å². The molecule has 0 bridgehead atoms. The number of aromatic nitrogens is 4. The van der Waals surface area contributed by atoms with Crippen molar-refractivity contribution in [2.24, 2.45) is 0 Å². The molecule has 0 fully saturated rings. The molecule has 0 aliphatic carbocycles. The molecule has 0 radical (unpaired) electrons. The fourth-order valence-electron chi connectivity index (χ4n) is 2.25. The van der Waals surface area contributed by atoms with Crippen molar-refractivity contribution in [1.29, 1.82) is 0 Å². The van der Waals surface area contributed by atoms with Gasteiger partial charge in [0.1, 0.15) is 23.2 Å². The van der Waals surface area contributed by atoms with E-state index in [4.69, 9.17) is 9.15 Å². The zero-order chi connectivity index (χ0) is 16.5. The van der Waals surface area contributed by atoms with Crippen LogP contribution < -0.4 is 10.2 Å². The second kappa shape index (κ2) is 5.58. The number of benzene rings is 2. The number of nitrogens with zero attached hydrogens (tertiary/aromatic N) is 3. The minimum atomic E-state index is -0.677. The second-order valence-electron chi connectivity index (χ2n) is 4.91. The quantitative estimate of drug-likeness (QED) is 0.623. The molecule has 24 heavy (non-hydrogen) atoms. The monoisotopic (exact) mass is 324 g/mol. The zero-order valence-electron chi connectivity index (χ0n) is 12.1. The Bertz CT molecular complexity index is 1060. The van der Waals surface area contributed by atoms with Crippen molar-refractivity contribution in [3.63, 3.8) is 0 Å². The number of rotatable bonds is 3. The molecule has 0 amide bonds. The Morgan fingerprint density at radius 3 is 2.75 bits per heavy atom. The highest BCUT2D eigenvalue weighted by atomic mass is 19.1. The molecule has 4 rings (SSSR count). The molecule has 118 valence electrons. The largest absolute Gasteiger partial charge is 0.463 e. The fraction of sp³-hybridized carbons (Fsp3) is 0. The van der Waals surface area contributed by atoms with Crippen LogP contribution in [0.15, 0.2) is 57.9 Å². The first kappa shape index (κ1) is 14.1. The second-order valence-corrected chi connectivity index (χ2v) is 4.91. The molecule has 0 aliphatic rings. The van der Waals surface area contributed by atoms with Gasteiger partial charge in [-0.25, -0.2) is 4.39 Å². The van der Waals surface area contributed by atoms with Crippen molar-refractivity contribution in [1.82, 2.24) is 20.6 Å². The van der Waals surface area contributed by atoms with E-state index >= 15 is 0 Å². The molecule has 0 unspecified atom stereocenters. The van der Waals surface area contributed by atoms with Gasteiger partial charge in [0.15, 0.2) is 11.6 Å². The van der Waals surface area contributed by atoms with Crippen LogP contribution in [0.3, 0.4) is 0 Å². The van der Waals surface area contributed by atoms with Gasteiger partial charge in [-0.1, -0.05) is 18.2 Å². The Labute approximate surface area is 133 Å². The van der Waals surface area contributed by atoms with Gasteiger partial charge in [0.25, 0.3) is 0 Å². The number of fused-ring (bicyclic) bond motifs is 1. The van der Waals surface area contributed by atoms with Crippen LogP contribution in [0.1, 0.15) is 0 Å². The molecule has 0 saturated heterocycles. The number of aromatic amines is 1. The third-order valence-corrected chi connectivity index (χ3v) is 3.38. The summed E-state index contributed by atoms with van der Waals surface area (Å²) >= 11 is 0. The smallest absolute Gasteiger partial charge is 0.211 e. The lowest BCUT2D eigenvalue weighted by Gasteiger charge is -2.07. The summed E-state index contributed by atoms with van der Waals surface area (Å²) in [6.07, 6.45) is 1.21. The molecule has 8 heteroatoms. The molecule has 2 aromatic carbocycles. The Balaban J connectivity index is 1.82. The summed E-state index contributed by atoms with van der Waals surface area (Å²) < 4.78 is 25.2. The predicted molar refractivity (Wildman–Crippen MR) is 82.1 cm³/mol. The number of para-hydroxylation sites is 1. The Morgan fingerprint density at radius 2 is 2.00 bits per heavy atom. The molecule has 2 heterocycles. The Kier molecular flexibility index (Phi) is 3.27. The van der Waals surface area contributed by atoms with Crippen LogP contribution in [0.25, 0.3) is 22.4 Å². The van der Waals surface area contributed by atoms with Gasteiger partial charge < -0.3 is 9.15 Å². The Morgan fingerprint density at radius 1 is 1.17 bits per heavy atom. The first-order valence-corrected chi connectivity index (χ1v) is 6.94. The van der Waals surface area contributed by atoms with Crippen molar-refractivity contribution in [3.05, 3.63) is 64.8 Å². The summed E-state index contributed by atoms with van der Waals surface area (Å²) in [4.78, 5) is 12.5. The topological polar surface area (TPSA) is 93.9 Å². The van der Waals surface area contributed by atoms with Crippen LogP contribution in [-0.2, 0) is 0 Å². The van der Waals surface area contributed by atoms with E-state index in [2.05, 4.69) is 20.6 Å². The lowest BCUT2D eigenvalue weighted by Crippen LogP contribution is -2.06. The highest BCUT2D eigenvalue weighted by molar-refractivity contribution is 5.81. The third-order valence-electron chi connectivity index (χ3n) is 3.38. The van der Waals surface area contributed by atoms with Crippen molar-refractivity contribution in [3.8, 4) is 22.9 Å². The summed E-state index contributed by atoms with van der Waals surface area (Å²) in [5.41, 5.74) is -0.172. The van der Waals surface area contributed by atoms with Crippen LogP contribution in [0, 0.1) is 5.82 Å². The van der Waals surface area contributed by atoms with E-state index in [1.54, 1.807) is 24.3 Å². The standard InChI is InChI=1S/C16H9FN4O3/c17-12-6-10-13(7-14(12)24-9-4-2-1-3-5-9)23-8-11(15(10)22)16-18-20-21-19-16/h1-8H,(H,18,19,20,21). The maximum Gasteiger partial charge on any atom is 0.211 e. The lowest BCUT2D eigenvalue weighted by atomic mass is 10.1. The van der Waals surface area contributed by atoms with Gasteiger partial charge in [0.2, 0.25) is 11.3 Å². The van der Waals surface area contributed by atoms with Crippen molar-refractivity contribution in [2.45, 2.75) is 0 Å². The van der Waals surface area contributed by atoms with Gasteiger partial charge in [-0.2, -0.15) is 5.21 Å². The number of ether oxygens (including phenoxy) is 1. The highest BCUT2D eigenvalue weighted by Gasteiger charge is 2.16. The number of hydrogen-bond acceptors (Lipinski definition) is 6. The van der Waals surface area contributed by atoms with Gasteiger partial charge >= 0.3 is 0 Å². The summed E-state index contributed by atoms with van der Waals surface area (Å²) in [5.74, 6) is -0.162. The minimum Gasteiger partial charge on any atom is -0.463 e. The van der Waals surface area contributed by atoms with Gasteiger partial charge in [0, 0.05) is 6.07 Å². The number of hydrogen-bond donors (Lipinski definition) is 1. The molecular formula is C16H9FN4O3. The number of nitrogens with one attached hydrogen (secondary N) is 1. The van der Waals surface area contributed by atoms with E-state index in [-0.39, 0.29) is 28.1 Å². The number of tetrazole rings is 1. The predicted octanol–water partition coefficient (Wildman–Crippen LogP) is 2.90. The van der Waals surface area contributed by atoms with Crippen LogP contribution >= 0.6 is 0 Å². The zero-order valence-corrected chi connectivity index (χ0v) is 12.1. The molecule has 0 spiro atoms. The SMILES string of the molecule is O=c1c(-c2nn[nH]n2)coc2cc(Oc3ccccc3)c(F)cc12. The van der Waals surface area contributed by atoms with E-state index in [9.17, 15) is 9.18 Å². The minimum absolute atomic E-state index is 0.0378. The molecule has 7 nitrogen and oxygen atoms in total. The van der Waals surface area contributed by atoms with Crippen LogP contribution in [0.2, 0.25) is 0 Å². The average Bonchev–Trinajstić information content (AvgIpc) is 3.12. The molecule has 2 aromatic heterocycles. The van der Waals surface area contributed by atoms with E-state index in [0.29, 0.717) is 5.75 Å². The maximum atomic E-state index is 14.3. The first-order valence-electron chi connectivity index (χ1n) is 6.94. The first-order chi connectivity index (χ1) is 11.7. The average molecular weight is 324 g/mol. The van der Waals surface area contributed by atoms with Crippen molar-refractivity contribution < 1.29 is 13.5 Å². The van der Waals surface area contributed by atoms with Gasteiger partial charge in [-0.3, -0.25) is 4.79 Å². The normalized spacial score (nSPS) is 10.9. The van der Waals surface area contributed by atoms with Crippen molar-refractivity contribution in [2.75, 3.05) is 0 Å². The lowest BCUT2D eigenvalue weighted by molar-refractivity contribution is 0.441. The van der Waals surface area contributed by atoms with Crippen LogP contribution in [-0.4, -0.2) is 20.6 Å². The summed E-state index contributed by atoms with van der Waals surface area (Å²) in [6.45, 7) is 0.